The molecule has 3 nitrogen and oxygen atoms in total. The third kappa shape index (κ3) is 4.50. The number of rotatable bonds is 2. The quantitative estimate of drug-likeness (QED) is 0.656. The van der Waals surface area contributed by atoms with E-state index in [0.717, 1.165) is 36.9 Å². The maximum atomic E-state index is 6.20. The summed E-state index contributed by atoms with van der Waals surface area (Å²) in [5.41, 5.74) is 3.18. The van der Waals surface area contributed by atoms with Gasteiger partial charge in [0.1, 0.15) is 0 Å². The predicted molar refractivity (Wildman–Crippen MR) is 113 cm³/mol. The van der Waals surface area contributed by atoms with Crippen LogP contribution in [0.25, 0.3) is 0 Å². The molecule has 1 aliphatic heterocycles. The van der Waals surface area contributed by atoms with Gasteiger partial charge in [0.05, 0.1) is 10.7 Å². The molecule has 0 spiro atoms. The Bertz CT molecular complexity index is 789. The van der Waals surface area contributed by atoms with Crippen molar-refractivity contribution in [2.24, 2.45) is 0 Å². The Morgan fingerprint density at radius 1 is 0.960 bits per heavy atom. The van der Waals surface area contributed by atoms with Crippen LogP contribution in [0.4, 0.5) is 11.4 Å². The monoisotopic (exact) mass is 413 g/mol. The predicted octanol–water partition coefficient (Wildman–Crippen LogP) is 5.47. The van der Waals surface area contributed by atoms with Crippen molar-refractivity contribution < 1.29 is 0 Å². The summed E-state index contributed by atoms with van der Waals surface area (Å²) in [5, 5.41) is 5.81. The van der Waals surface area contributed by atoms with Gasteiger partial charge in [-0.25, -0.2) is 0 Å². The molecular formula is C18H18Cl3N3S. The van der Waals surface area contributed by atoms with E-state index in [-0.39, 0.29) is 0 Å². The Labute approximate surface area is 168 Å². The number of hydrogen-bond acceptors (Lipinski definition) is 2. The maximum Gasteiger partial charge on any atom is 0.173 e. The second-order valence-corrected chi connectivity index (χ2v) is 7.63. The van der Waals surface area contributed by atoms with E-state index in [0.29, 0.717) is 15.2 Å². The molecule has 0 bridgehead atoms. The standard InChI is InChI=1S/C18H18Cl3N3S/c1-12-2-3-14(20)11-17(12)23-6-8-24(9-7-23)18(25)22-16-5-4-13(19)10-15(16)21/h2-5,10-11H,6-9H2,1H3,(H,22,25). The lowest BCUT2D eigenvalue weighted by molar-refractivity contribution is 0.390. The first kappa shape index (κ1) is 18.6. The van der Waals surface area contributed by atoms with Crippen LogP contribution in [-0.4, -0.2) is 36.2 Å². The fourth-order valence-corrected chi connectivity index (χ4v) is 3.77. The van der Waals surface area contributed by atoms with Gasteiger partial charge in [-0.1, -0.05) is 40.9 Å². The summed E-state index contributed by atoms with van der Waals surface area (Å²) >= 11 is 23.8. The fourth-order valence-electron chi connectivity index (χ4n) is 2.86. The number of nitrogens with one attached hydrogen (secondary N) is 1. The van der Waals surface area contributed by atoms with Crippen molar-refractivity contribution in [3.8, 4) is 0 Å². The molecule has 0 unspecified atom stereocenters. The number of anilines is 2. The molecule has 1 fully saturated rings. The molecule has 1 aliphatic rings. The number of thiocarbonyl (C=S) groups is 1. The van der Waals surface area contributed by atoms with E-state index in [1.54, 1.807) is 12.1 Å². The van der Waals surface area contributed by atoms with Gasteiger partial charge in [0.15, 0.2) is 5.11 Å². The van der Waals surface area contributed by atoms with Crippen LogP contribution >= 0.6 is 47.0 Å². The smallest absolute Gasteiger partial charge is 0.173 e. The summed E-state index contributed by atoms with van der Waals surface area (Å²) < 4.78 is 0. The minimum atomic E-state index is 0.558. The SMILES string of the molecule is Cc1ccc(Cl)cc1N1CCN(C(=S)Nc2ccc(Cl)cc2Cl)CC1. The number of hydrogen-bond donors (Lipinski definition) is 1. The van der Waals surface area contributed by atoms with E-state index in [9.17, 15) is 0 Å². The minimum Gasteiger partial charge on any atom is -0.368 e. The van der Waals surface area contributed by atoms with Crippen molar-refractivity contribution in [3.63, 3.8) is 0 Å². The number of aryl methyl sites for hydroxylation is 1. The molecule has 2 aromatic rings. The molecule has 3 rings (SSSR count). The van der Waals surface area contributed by atoms with E-state index < -0.39 is 0 Å². The Morgan fingerprint density at radius 2 is 1.60 bits per heavy atom. The van der Waals surface area contributed by atoms with Crippen molar-refractivity contribution in [2.75, 3.05) is 36.4 Å². The normalized spacial score (nSPS) is 14.6. The van der Waals surface area contributed by atoms with Crippen molar-refractivity contribution in [1.29, 1.82) is 0 Å². The number of benzene rings is 2. The largest absolute Gasteiger partial charge is 0.368 e. The second kappa shape index (κ2) is 8.00. The first-order chi connectivity index (χ1) is 11.9. The fraction of sp³-hybridized carbons (Fsp3) is 0.278. The Morgan fingerprint density at radius 3 is 2.28 bits per heavy atom. The first-order valence-electron chi connectivity index (χ1n) is 7.96. The summed E-state index contributed by atoms with van der Waals surface area (Å²) in [6.45, 7) is 5.55. The van der Waals surface area contributed by atoms with Crippen LogP contribution in [0.5, 0.6) is 0 Å². The molecule has 2 aromatic carbocycles. The highest BCUT2D eigenvalue weighted by Gasteiger charge is 2.20. The molecule has 0 amide bonds. The van der Waals surface area contributed by atoms with Crippen LogP contribution in [-0.2, 0) is 0 Å². The average Bonchev–Trinajstić information content (AvgIpc) is 2.59. The summed E-state index contributed by atoms with van der Waals surface area (Å²) in [5.74, 6) is 0. The molecule has 132 valence electrons. The minimum absolute atomic E-state index is 0.558. The van der Waals surface area contributed by atoms with Crippen LogP contribution in [0.15, 0.2) is 36.4 Å². The van der Waals surface area contributed by atoms with Crippen molar-refractivity contribution in [3.05, 3.63) is 57.0 Å². The molecule has 1 heterocycles. The van der Waals surface area contributed by atoms with E-state index in [1.807, 2.05) is 18.2 Å². The molecule has 0 saturated carbocycles. The van der Waals surface area contributed by atoms with Crippen LogP contribution < -0.4 is 10.2 Å². The molecule has 1 saturated heterocycles. The van der Waals surface area contributed by atoms with Crippen molar-refractivity contribution in [2.45, 2.75) is 6.92 Å². The topological polar surface area (TPSA) is 18.5 Å². The third-order valence-electron chi connectivity index (χ3n) is 4.25. The molecule has 7 heteroatoms. The van der Waals surface area contributed by atoms with Crippen LogP contribution in [0, 0.1) is 6.92 Å². The van der Waals surface area contributed by atoms with Gasteiger partial charge in [0, 0.05) is 41.9 Å². The lowest BCUT2D eigenvalue weighted by Gasteiger charge is -2.38. The third-order valence-corrected chi connectivity index (χ3v) is 5.39. The number of piperazine rings is 1. The molecule has 1 N–H and O–H groups in total. The molecule has 0 atom stereocenters. The van der Waals surface area contributed by atoms with E-state index in [2.05, 4.69) is 28.1 Å². The summed E-state index contributed by atoms with van der Waals surface area (Å²) in [4.78, 5) is 4.49. The summed E-state index contributed by atoms with van der Waals surface area (Å²) in [6, 6.07) is 11.3. The molecule has 0 radical (unpaired) electrons. The van der Waals surface area contributed by atoms with Crippen LogP contribution in [0.3, 0.4) is 0 Å². The number of halogens is 3. The summed E-state index contributed by atoms with van der Waals surface area (Å²) in [7, 11) is 0. The Balaban J connectivity index is 1.62. The van der Waals surface area contributed by atoms with Gasteiger partial charge in [-0.15, -0.1) is 0 Å². The number of nitrogens with zero attached hydrogens (tertiary/aromatic N) is 2. The van der Waals surface area contributed by atoms with Gasteiger partial charge in [-0.2, -0.15) is 0 Å². The van der Waals surface area contributed by atoms with E-state index in [4.69, 9.17) is 47.0 Å². The first-order valence-corrected chi connectivity index (χ1v) is 9.50. The second-order valence-electron chi connectivity index (χ2n) is 5.96. The van der Waals surface area contributed by atoms with Gasteiger partial charge in [-0.3, -0.25) is 0 Å². The lowest BCUT2D eigenvalue weighted by atomic mass is 10.1. The van der Waals surface area contributed by atoms with Gasteiger partial charge >= 0.3 is 0 Å². The van der Waals surface area contributed by atoms with Gasteiger partial charge < -0.3 is 15.1 Å². The zero-order chi connectivity index (χ0) is 18.0. The highest BCUT2D eigenvalue weighted by molar-refractivity contribution is 7.80. The zero-order valence-electron chi connectivity index (χ0n) is 13.7. The van der Waals surface area contributed by atoms with E-state index in [1.165, 1.54) is 11.3 Å². The highest BCUT2D eigenvalue weighted by atomic mass is 35.5. The van der Waals surface area contributed by atoms with Crippen molar-refractivity contribution in [1.82, 2.24) is 4.90 Å². The van der Waals surface area contributed by atoms with Gasteiger partial charge in [0.2, 0.25) is 0 Å². The Hall–Kier alpha value is -1.20. The van der Waals surface area contributed by atoms with Crippen LogP contribution in [0.2, 0.25) is 15.1 Å². The van der Waals surface area contributed by atoms with Crippen LogP contribution in [0.1, 0.15) is 5.56 Å². The lowest BCUT2D eigenvalue weighted by Crippen LogP contribution is -2.50. The molecule has 25 heavy (non-hydrogen) atoms. The zero-order valence-corrected chi connectivity index (χ0v) is 16.8. The van der Waals surface area contributed by atoms with Gasteiger partial charge in [-0.05, 0) is 55.0 Å². The molecular weight excluding hydrogens is 397 g/mol. The molecule has 0 aliphatic carbocycles. The maximum absolute atomic E-state index is 6.20. The highest BCUT2D eigenvalue weighted by Crippen LogP contribution is 2.27. The Kier molecular flexibility index (Phi) is 5.95. The van der Waals surface area contributed by atoms with Crippen molar-refractivity contribution >= 4 is 63.5 Å². The van der Waals surface area contributed by atoms with E-state index >= 15 is 0 Å². The summed E-state index contributed by atoms with van der Waals surface area (Å²) in [6.07, 6.45) is 0. The average molecular weight is 415 g/mol. The molecule has 0 aromatic heterocycles. The van der Waals surface area contributed by atoms with Gasteiger partial charge in [0.25, 0.3) is 0 Å².